The Morgan fingerprint density at radius 2 is 2.04 bits per heavy atom. The van der Waals surface area contributed by atoms with Gasteiger partial charge in [0.2, 0.25) is 0 Å². The summed E-state index contributed by atoms with van der Waals surface area (Å²) in [6.07, 6.45) is -0.795. The van der Waals surface area contributed by atoms with Crippen molar-refractivity contribution in [3.8, 4) is 5.75 Å². The number of amides is 1. The van der Waals surface area contributed by atoms with Crippen LogP contribution in [0, 0.1) is 10.1 Å². The topological polar surface area (TPSA) is 99.9 Å². The maximum atomic E-state index is 11.5. The van der Waals surface area contributed by atoms with Gasteiger partial charge in [-0.25, -0.2) is 4.79 Å². The molecular formula is C16H24N2O6. The molecule has 1 aromatic rings. The molecule has 24 heavy (non-hydrogen) atoms. The maximum Gasteiger partial charge on any atom is 0.407 e. The number of methoxy groups -OCH3 is 1. The van der Waals surface area contributed by atoms with Crippen LogP contribution in [0.3, 0.4) is 0 Å². The molecule has 0 aliphatic carbocycles. The third kappa shape index (κ3) is 6.82. The number of alkyl carbamates (subject to hydrolysis) is 1. The predicted octanol–water partition coefficient (Wildman–Crippen LogP) is 3.03. The molecule has 0 fully saturated rings. The number of ether oxygens (including phenoxy) is 3. The second kappa shape index (κ2) is 8.49. The van der Waals surface area contributed by atoms with Gasteiger partial charge in [0, 0.05) is 12.6 Å². The first-order chi connectivity index (χ1) is 11.1. The van der Waals surface area contributed by atoms with Crippen molar-refractivity contribution in [2.75, 3.05) is 13.7 Å². The maximum absolute atomic E-state index is 11.5. The number of carbonyl (C=O) groups excluding carboxylic acids is 1. The molecule has 1 aromatic carbocycles. The van der Waals surface area contributed by atoms with Crippen LogP contribution in [0.1, 0.15) is 33.3 Å². The Morgan fingerprint density at radius 3 is 2.58 bits per heavy atom. The largest absolute Gasteiger partial charge is 0.490 e. The molecule has 0 saturated carbocycles. The van der Waals surface area contributed by atoms with E-state index in [1.807, 2.05) is 0 Å². The Balaban J connectivity index is 2.50. The zero-order valence-electron chi connectivity index (χ0n) is 14.6. The fourth-order valence-electron chi connectivity index (χ4n) is 1.81. The van der Waals surface area contributed by atoms with Crippen LogP contribution in [0.4, 0.5) is 10.5 Å². The van der Waals surface area contributed by atoms with Gasteiger partial charge in [-0.3, -0.25) is 10.1 Å². The van der Waals surface area contributed by atoms with Crippen molar-refractivity contribution in [1.29, 1.82) is 0 Å². The van der Waals surface area contributed by atoms with Gasteiger partial charge in [-0.1, -0.05) is 6.07 Å². The van der Waals surface area contributed by atoms with E-state index in [2.05, 4.69) is 5.32 Å². The van der Waals surface area contributed by atoms with Gasteiger partial charge >= 0.3 is 11.8 Å². The minimum Gasteiger partial charge on any atom is -0.490 e. The standard InChI is InChI=1S/C16H24N2O6/c1-11(9-17-15(19)24-16(2,3)4)23-10-12-6-7-14(22-5)13(8-12)18(20)21/h6-8,11H,9-10H2,1-5H3,(H,17,19). The van der Waals surface area contributed by atoms with Crippen molar-refractivity contribution in [3.63, 3.8) is 0 Å². The van der Waals surface area contributed by atoms with Crippen LogP contribution in [0.2, 0.25) is 0 Å². The van der Waals surface area contributed by atoms with Crippen LogP contribution in [0.5, 0.6) is 5.75 Å². The Morgan fingerprint density at radius 1 is 1.38 bits per heavy atom. The zero-order valence-corrected chi connectivity index (χ0v) is 14.6. The van der Waals surface area contributed by atoms with Gasteiger partial charge in [-0.2, -0.15) is 0 Å². The predicted molar refractivity (Wildman–Crippen MR) is 88.1 cm³/mol. The summed E-state index contributed by atoms with van der Waals surface area (Å²) in [5, 5.41) is 13.6. The van der Waals surface area contributed by atoms with Crippen molar-refractivity contribution in [2.24, 2.45) is 0 Å². The fraction of sp³-hybridized carbons (Fsp3) is 0.562. The first-order valence-electron chi connectivity index (χ1n) is 7.52. The molecule has 0 radical (unpaired) electrons. The molecule has 0 spiro atoms. The lowest BCUT2D eigenvalue weighted by atomic mass is 10.2. The van der Waals surface area contributed by atoms with E-state index in [9.17, 15) is 14.9 Å². The van der Waals surface area contributed by atoms with Crippen molar-refractivity contribution in [3.05, 3.63) is 33.9 Å². The highest BCUT2D eigenvalue weighted by molar-refractivity contribution is 5.67. The van der Waals surface area contributed by atoms with Gasteiger partial charge < -0.3 is 19.5 Å². The van der Waals surface area contributed by atoms with Crippen LogP contribution >= 0.6 is 0 Å². The number of nitro benzene ring substituents is 1. The van der Waals surface area contributed by atoms with E-state index in [0.29, 0.717) is 5.56 Å². The van der Waals surface area contributed by atoms with Crippen molar-refractivity contribution >= 4 is 11.8 Å². The van der Waals surface area contributed by atoms with Gasteiger partial charge in [-0.05, 0) is 39.3 Å². The number of nitrogens with one attached hydrogen (secondary N) is 1. The summed E-state index contributed by atoms with van der Waals surface area (Å²) in [7, 11) is 1.38. The van der Waals surface area contributed by atoms with Gasteiger partial charge in [-0.15, -0.1) is 0 Å². The van der Waals surface area contributed by atoms with E-state index >= 15 is 0 Å². The third-order valence-corrected chi connectivity index (χ3v) is 2.91. The second-order valence-electron chi connectivity index (χ2n) is 6.27. The Kier molecular flexibility index (Phi) is 6.97. The molecule has 0 aliphatic heterocycles. The third-order valence-electron chi connectivity index (χ3n) is 2.91. The summed E-state index contributed by atoms with van der Waals surface area (Å²) >= 11 is 0. The second-order valence-corrected chi connectivity index (χ2v) is 6.27. The van der Waals surface area contributed by atoms with Gasteiger partial charge in [0.05, 0.1) is 24.7 Å². The number of nitro groups is 1. The molecule has 1 atom stereocenters. The SMILES string of the molecule is COc1ccc(COC(C)CNC(=O)OC(C)(C)C)cc1[N+](=O)[O-]. The highest BCUT2D eigenvalue weighted by Crippen LogP contribution is 2.27. The number of hydrogen-bond donors (Lipinski definition) is 1. The number of rotatable bonds is 7. The minimum absolute atomic E-state index is 0.113. The first-order valence-corrected chi connectivity index (χ1v) is 7.52. The molecule has 0 heterocycles. The van der Waals surface area contributed by atoms with Crippen molar-refractivity contribution in [1.82, 2.24) is 5.32 Å². The fourth-order valence-corrected chi connectivity index (χ4v) is 1.81. The molecule has 0 aromatic heterocycles. The quantitative estimate of drug-likeness (QED) is 0.605. The molecule has 1 N–H and O–H groups in total. The van der Waals surface area contributed by atoms with E-state index in [0.717, 1.165) is 0 Å². The Labute approximate surface area is 141 Å². The lowest BCUT2D eigenvalue weighted by Gasteiger charge is -2.21. The Hall–Kier alpha value is -2.35. The minimum atomic E-state index is -0.559. The van der Waals surface area contributed by atoms with Crippen LogP contribution in [0.25, 0.3) is 0 Å². The summed E-state index contributed by atoms with van der Waals surface area (Å²) in [6.45, 7) is 7.58. The van der Waals surface area contributed by atoms with Crippen molar-refractivity contribution in [2.45, 2.75) is 46.0 Å². The lowest BCUT2D eigenvalue weighted by molar-refractivity contribution is -0.385. The average molecular weight is 340 g/mol. The van der Waals surface area contributed by atoms with E-state index in [1.165, 1.54) is 19.2 Å². The number of hydrogen-bond acceptors (Lipinski definition) is 6. The average Bonchev–Trinajstić information content (AvgIpc) is 2.48. The summed E-state index contributed by atoms with van der Waals surface area (Å²) in [4.78, 5) is 22.0. The molecule has 8 nitrogen and oxygen atoms in total. The summed E-state index contributed by atoms with van der Waals surface area (Å²) in [5.41, 5.74) is -0.0271. The summed E-state index contributed by atoms with van der Waals surface area (Å²) in [5.74, 6) is 0.198. The van der Waals surface area contributed by atoms with E-state index < -0.39 is 16.6 Å². The van der Waals surface area contributed by atoms with Gasteiger partial charge in [0.1, 0.15) is 5.60 Å². The normalized spacial score (nSPS) is 12.4. The summed E-state index contributed by atoms with van der Waals surface area (Å²) < 4.78 is 15.7. The molecule has 1 rings (SSSR count). The van der Waals surface area contributed by atoms with Crippen LogP contribution in [0.15, 0.2) is 18.2 Å². The number of carbonyl (C=O) groups is 1. The van der Waals surface area contributed by atoms with Gasteiger partial charge in [0.15, 0.2) is 5.75 Å². The van der Waals surface area contributed by atoms with Crippen molar-refractivity contribution < 1.29 is 23.9 Å². The summed E-state index contributed by atoms with van der Waals surface area (Å²) in [6, 6.07) is 4.63. The molecule has 8 heteroatoms. The highest BCUT2D eigenvalue weighted by atomic mass is 16.6. The van der Waals surface area contributed by atoms with Crippen LogP contribution in [-0.2, 0) is 16.1 Å². The lowest BCUT2D eigenvalue weighted by Crippen LogP contribution is -2.36. The first kappa shape index (κ1) is 19.7. The molecule has 1 unspecified atom stereocenters. The molecule has 0 bridgehead atoms. The molecular weight excluding hydrogens is 316 g/mol. The van der Waals surface area contributed by atoms with Crippen LogP contribution in [-0.4, -0.2) is 36.4 Å². The van der Waals surface area contributed by atoms with Crippen LogP contribution < -0.4 is 10.1 Å². The van der Waals surface area contributed by atoms with E-state index in [4.69, 9.17) is 14.2 Å². The monoisotopic (exact) mass is 340 g/mol. The zero-order chi connectivity index (χ0) is 18.3. The highest BCUT2D eigenvalue weighted by Gasteiger charge is 2.17. The Bertz CT molecular complexity index is 582. The molecule has 0 aliphatic rings. The molecule has 134 valence electrons. The number of nitrogens with zero attached hydrogens (tertiary/aromatic N) is 1. The van der Waals surface area contributed by atoms with E-state index in [-0.39, 0.29) is 30.7 Å². The molecule has 1 amide bonds. The number of benzene rings is 1. The smallest absolute Gasteiger partial charge is 0.407 e. The van der Waals surface area contributed by atoms with E-state index in [1.54, 1.807) is 33.8 Å². The van der Waals surface area contributed by atoms with Gasteiger partial charge in [0.25, 0.3) is 0 Å². The molecule has 0 saturated heterocycles.